The molecule has 1 heterocycles. The van der Waals surface area contributed by atoms with Crippen molar-refractivity contribution in [2.75, 3.05) is 46.8 Å². The van der Waals surface area contributed by atoms with E-state index in [0.717, 1.165) is 10.6 Å². The summed E-state index contributed by atoms with van der Waals surface area (Å²) in [5, 5.41) is 0.477. The van der Waals surface area contributed by atoms with E-state index < -0.39 is 11.6 Å². The number of halogens is 3. The number of benzene rings is 3. The molecule has 4 aromatic rings. The number of imidazole rings is 1. The predicted molar refractivity (Wildman–Crippen MR) is 152 cm³/mol. The van der Waals surface area contributed by atoms with Crippen LogP contribution in [0.15, 0.2) is 66.0 Å². The summed E-state index contributed by atoms with van der Waals surface area (Å²) in [6, 6.07) is 13.9. The molecule has 0 radical (unpaired) electrons. The van der Waals surface area contributed by atoms with Crippen molar-refractivity contribution in [3.8, 4) is 29.0 Å². The summed E-state index contributed by atoms with van der Waals surface area (Å²) in [6.07, 6.45) is 1.65. The van der Waals surface area contributed by atoms with E-state index in [-0.39, 0.29) is 22.7 Å². The first kappa shape index (κ1) is 28.9. The Morgan fingerprint density at radius 1 is 0.950 bits per heavy atom. The Hall–Kier alpha value is -4.07. The van der Waals surface area contributed by atoms with E-state index in [0.29, 0.717) is 34.7 Å². The van der Waals surface area contributed by atoms with Crippen LogP contribution in [-0.4, -0.2) is 51.5 Å². The SMILES string of the molecule is COc1ccc(N(C)c2cnc(SCc3c(F)cc(C#CC[NH+](C)C)cc3F)n2-c2ccc(F)cc2)cc1OC. The molecule has 10 heteroatoms. The number of nitrogens with one attached hydrogen (secondary N) is 1. The summed E-state index contributed by atoms with van der Waals surface area (Å²) in [6.45, 7) is 0.562. The van der Waals surface area contributed by atoms with Crippen LogP contribution in [-0.2, 0) is 5.75 Å². The molecule has 0 aliphatic rings. The summed E-state index contributed by atoms with van der Waals surface area (Å²) < 4.78 is 56.2. The molecule has 0 spiro atoms. The third-order valence-electron chi connectivity index (χ3n) is 6.06. The topological polar surface area (TPSA) is 44.0 Å². The van der Waals surface area contributed by atoms with Crippen LogP contribution in [0.2, 0.25) is 0 Å². The molecule has 40 heavy (non-hydrogen) atoms. The predicted octanol–water partition coefficient (Wildman–Crippen LogP) is 4.86. The largest absolute Gasteiger partial charge is 0.493 e. The maximum Gasteiger partial charge on any atom is 0.174 e. The van der Waals surface area contributed by atoms with Crippen LogP contribution in [0.5, 0.6) is 11.5 Å². The maximum absolute atomic E-state index is 14.9. The molecule has 1 N–H and O–H groups in total. The van der Waals surface area contributed by atoms with Crippen LogP contribution in [0, 0.1) is 29.3 Å². The Labute approximate surface area is 236 Å². The van der Waals surface area contributed by atoms with Crippen molar-refractivity contribution in [1.29, 1.82) is 0 Å². The summed E-state index contributed by atoms with van der Waals surface area (Å²) in [4.78, 5) is 7.55. The normalized spacial score (nSPS) is 10.8. The van der Waals surface area contributed by atoms with Crippen molar-refractivity contribution in [2.24, 2.45) is 0 Å². The Balaban J connectivity index is 1.67. The molecule has 1 aromatic heterocycles. The molecule has 0 saturated heterocycles. The van der Waals surface area contributed by atoms with Gasteiger partial charge in [-0.2, -0.15) is 0 Å². The summed E-state index contributed by atoms with van der Waals surface area (Å²) in [5.41, 5.74) is 1.63. The lowest BCUT2D eigenvalue weighted by Crippen LogP contribution is -3.05. The molecule has 0 saturated carbocycles. The molecule has 208 valence electrons. The quantitative estimate of drug-likeness (QED) is 0.231. The summed E-state index contributed by atoms with van der Waals surface area (Å²) in [7, 11) is 8.87. The lowest BCUT2D eigenvalue weighted by Gasteiger charge is -2.23. The Bertz CT molecular complexity index is 1520. The fraction of sp³-hybridized carbons (Fsp3) is 0.233. The number of anilines is 2. The Morgan fingerprint density at radius 2 is 1.62 bits per heavy atom. The van der Waals surface area contributed by atoms with Gasteiger partial charge in [0, 0.05) is 41.4 Å². The molecule has 0 bridgehead atoms. The number of methoxy groups -OCH3 is 2. The highest BCUT2D eigenvalue weighted by Gasteiger charge is 2.20. The van der Waals surface area contributed by atoms with Crippen LogP contribution in [0.25, 0.3) is 5.69 Å². The first-order valence-corrected chi connectivity index (χ1v) is 13.4. The monoisotopic (exact) mass is 567 g/mol. The van der Waals surface area contributed by atoms with Gasteiger partial charge in [-0.05, 0) is 54.5 Å². The average Bonchev–Trinajstić information content (AvgIpc) is 3.35. The fourth-order valence-corrected chi connectivity index (χ4v) is 4.94. The van der Waals surface area contributed by atoms with Crippen LogP contribution in [0.4, 0.5) is 24.7 Å². The second-order valence-corrected chi connectivity index (χ2v) is 10.1. The van der Waals surface area contributed by atoms with Crippen LogP contribution in [0.1, 0.15) is 11.1 Å². The number of hydrogen-bond donors (Lipinski definition) is 1. The molecule has 0 unspecified atom stereocenters. The van der Waals surface area contributed by atoms with Gasteiger partial charge >= 0.3 is 0 Å². The van der Waals surface area contributed by atoms with Gasteiger partial charge in [-0.3, -0.25) is 4.57 Å². The number of ether oxygens (including phenoxy) is 2. The standard InChI is InChI=1S/C30H29F3N4O2S/c1-35(2)14-6-7-20-15-25(32)24(26(33)16-20)19-40-30-34-18-29(37(30)22-10-8-21(31)9-11-22)36(3)23-12-13-27(38-4)28(17-23)39-5/h8-13,15-18H,14,19H2,1-5H3/p+1. The van der Waals surface area contributed by atoms with Gasteiger partial charge < -0.3 is 19.3 Å². The van der Waals surface area contributed by atoms with Crippen LogP contribution in [0.3, 0.4) is 0 Å². The molecule has 0 aliphatic carbocycles. The average molecular weight is 568 g/mol. The highest BCUT2D eigenvalue weighted by Crippen LogP contribution is 2.37. The number of nitrogens with zero attached hydrogens (tertiary/aromatic N) is 3. The van der Waals surface area contributed by atoms with Crippen molar-refractivity contribution in [1.82, 2.24) is 9.55 Å². The Kier molecular flexibility index (Phi) is 9.30. The number of rotatable bonds is 9. The molecule has 0 aliphatic heterocycles. The summed E-state index contributed by atoms with van der Waals surface area (Å²) in [5.74, 6) is 5.79. The molecule has 6 nitrogen and oxygen atoms in total. The lowest BCUT2D eigenvalue weighted by atomic mass is 10.1. The number of aromatic nitrogens is 2. The minimum absolute atomic E-state index is 0.00899. The van der Waals surface area contributed by atoms with Gasteiger partial charge in [0.2, 0.25) is 0 Å². The smallest absolute Gasteiger partial charge is 0.174 e. The first-order valence-electron chi connectivity index (χ1n) is 12.4. The number of thioether (sulfide) groups is 1. The molecular weight excluding hydrogens is 537 g/mol. The zero-order chi connectivity index (χ0) is 28.8. The molecule has 3 aromatic carbocycles. The highest BCUT2D eigenvalue weighted by atomic mass is 32.2. The van der Waals surface area contributed by atoms with E-state index in [1.165, 1.54) is 36.0 Å². The highest BCUT2D eigenvalue weighted by molar-refractivity contribution is 7.98. The van der Waals surface area contributed by atoms with Crippen molar-refractivity contribution in [3.05, 3.63) is 89.4 Å². The van der Waals surface area contributed by atoms with Gasteiger partial charge in [0.15, 0.2) is 16.7 Å². The van der Waals surface area contributed by atoms with Crippen molar-refractivity contribution in [2.45, 2.75) is 10.9 Å². The second-order valence-electron chi connectivity index (χ2n) is 9.20. The van der Waals surface area contributed by atoms with Gasteiger partial charge in [-0.25, -0.2) is 18.2 Å². The van der Waals surface area contributed by atoms with Gasteiger partial charge in [-0.1, -0.05) is 17.7 Å². The van der Waals surface area contributed by atoms with Crippen molar-refractivity contribution in [3.63, 3.8) is 0 Å². The van der Waals surface area contributed by atoms with Gasteiger partial charge in [0.05, 0.1) is 34.5 Å². The minimum Gasteiger partial charge on any atom is -0.493 e. The third kappa shape index (κ3) is 6.55. The van der Waals surface area contributed by atoms with E-state index in [4.69, 9.17) is 9.47 Å². The molecule has 0 atom stereocenters. The van der Waals surface area contributed by atoms with Crippen molar-refractivity contribution >= 4 is 23.3 Å². The maximum atomic E-state index is 14.9. The van der Waals surface area contributed by atoms with E-state index in [1.807, 2.05) is 38.2 Å². The van der Waals surface area contributed by atoms with Gasteiger partial charge in [-0.15, -0.1) is 0 Å². The van der Waals surface area contributed by atoms with E-state index in [2.05, 4.69) is 16.8 Å². The van der Waals surface area contributed by atoms with E-state index in [9.17, 15) is 13.2 Å². The van der Waals surface area contributed by atoms with Crippen molar-refractivity contribution < 1.29 is 27.5 Å². The minimum atomic E-state index is -0.670. The summed E-state index contributed by atoms with van der Waals surface area (Å²) >= 11 is 1.17. The zero-order valence-electron chi connectivity index (χ0n) is 22.9. The lowest BCUT2D eigenvalue weighted by molar-refractivity contribution is -0.850. The van der Waals surface area contributed by atoms with Gasteiger partial charge in [0.1, 0.15) is 29.8 Å². The first-order chi connectivity index (χ1) is 19.2. The molecule has 0 amide bonds. The second kappa shape index (κ2) is 12.9. The third-order valence-corrected chi connectivity index (χ3v) is 7.03. The number of hydrogen-bond acceptors (Lipinski definition) is 5. The zero-order valence-corrected chi connectivity index (χ0v) is 23.7. The molecular formula is C30H30F3N4O2S+. The molecule has 4 rings (SSSR count). The Morgan fingerprint density at radius 3 is 2.25 bits per heavy atom. The van der Waals surface area contributed by atoms with Gasteiger partial charge in [0.25, 0.3) is 0 Å². The fourth-order valence-electron chi connectivity index (χ4n) is 3.94. The number of quaternary nitrogens is 1. The van der Waals surface area contributed by atoms with Crippen LogP contribution < -0.4 is 19.3 Å². The van der Waals surface area contributed by atoms with E-state index >= 15 is 0 Å². The molecule has 0 fully saturated rings. The van der Waals surface area contributed by atoms with E-state index in [1.54, 1.807) is 43.2 Å². The van der Waals surface area contributed by atoms with Crippen LogP contribution >= 0.6 is 11.8 Å².